The van der Waals surface area contributed by atoms with Crippen molar-refractivity contribution in [3.05, 3.63) is 35.9 Å². The first-order chi connectivity index (χ1) is 10.8. The Kier molecular flexibility index (Phi) is 4.37. The van der Waals surface area contributed by atoms with Gasteiger partial charge < -0.3 is 9.64 Å². The van der Waals surface area contributed by atoms with E-state index >= 15 is 0 Å². The summed E-state index contributed by atoms with van der Waals surface area (Å²) >= 11 is 0. The summed E-state index contributed by atoms with van der Waals surface area (Å²) in [5.74, 6) is 0.722. The Labute approximate surface area is 139 Å². The Morgan fingerprint density at radius 2 is 1.91 bits per heavy atom. The molecule has 2 heterocycles. The number of carbonyl (C=O) groups excluding carboxylic acids is 1. The third-order valence-electron chi connectivity index (χ3n) is 5.02. The minimum atomic E-state index is -0.426. The normalized spacial score (nSPS) is 26.2. The molecule has 0 saturated carbocycles. The number of rotatable bonds is 2. The summed E-state index contributed by atoms with van der Waals surface area (Å²) in [6.07, 6.45) is 0.914. The summed E-state index contributed by atoms with van der Waals surface area (Å²) in [7, 11) is 0. The molecule has 2 saturated heterocycles. The van der Waals surface area contributed by atoms with Gasteiger partial charge in [-0.25, -0.2) is 4.79 Å². The number of hydrogen-bond donors (Lipinski definition) is 0. The van der Waals surface area contributed by atoms with Gasteiger partial charge in [-0.2, -0.15) is 0 Å². The van der Waals surface area contributed by atoms with Crippen LogP contribution in [0.25, 0.3) is 0 Å². The quantitative estimate of drug-likeness (QED) is 0.834. The first kappa shape index (κ1) is 16.3. The van der Waals surface area contributed by atoms with E-state index in [9.17, 15) is 4.79 Å². The van der Waals surface area contributed by atoms with Gasteiger partial charge in [-0.3, -0.25) is 4.90 Å². The van der Waals surface area contributed by atoms with Crippen molar-refractivity contribution < 1.29 is 9.53 Å². The predicted octanol–water partition coefficient (Wildman–Crippen LogP) is 3.69. The minimum Gasteiger partial charge on any atom is -0.444 e. The molecule has 0 radical (unpaired) electrons. The van der Waals surface area contributed by atoms with Crippen LogP contribution in [-0.2, 0) is 4.74 Å². The Bertz CT molecular complexity index is 552. The van der Waals surface area contributed by atoms with Gasteiger partial charge in [0.05, 0.1) is 0 Å². The smallest absolute Gasteiger partial charge is 0.410 e. The van der Waals surface area contributed by atoms with Crippen molar-refractivity contribution in [2.24, 2.45) is 5.92 Å². The molecule has 3 atom stereocenters. The number of amides is 1. The molecule has 2 aliphatic heterocycles. The van der Waals surface area contributed by atoms with E-state index in [1.807, 2.05) is 25.7 Å². The Morgan fingerprint density at radius 3 is 2.57 bits per heavy atom. The molecule has 2 fully saturated rings. The van der Waals surface area contributed by atoms with Crippen LogP contribution in [-0.4, -0.2) is 47.2 Å². The van der Waals surface area contributed by atoms with E-state index in [4.69, 9.17) is 4.74 Å². The molecular weight excluding hydrogens is 288 g/mol. The summed E-state index contributed by atoms with van der Waals surface area (Å²) in [4.78, 5) is 16.7. The molecule has 0 bridgehead atoms. The van der Waals surface area contributed by atoms with Crippen molar-refractivity contribution in [3.63, 3.8) is 0 Å². The van der Waals surface area contributed by atoms with Crippen LogP contribution in [0.3, 0.4) is 0 Å². The number of fused-ring (bicyclic) bond motifs is 1. The summed E-state index contributed by atoms with van der Waals surface area (Å²) < 4.78 is 5.53. The number of ether oxygens (including phenoxy) is 1. The van der Waals surface area contributed by atoms with E-state index in [1.54, 1.807) is 0 Å². The van der Waals surface area contributed by atoms with Crippen LogP contribution in [0.4, 0.5) is 4.79 Å². The number of hydrogen-bond acceptors (Lipinski definition) is 3. The minimum absolute atomic E-state index is 0.171. The molecule has 3 rings (SSSR count). The van der Waals surface area contributed by atoms with E-state index in [0.717, 1.165) is 32.0 Å². The van der Waals surface area contributed by atoms with Gasteiger partial charge in [0.25, 0.3) is 0 Å². The summed E-state index contributed by atoms with van der Waals surface area (Å²) in [5.41, 5.74) is 0.922. The van der Waals surface area contributed by atoms with Gasteiger partial charge >= 0.3 is 6.09 Å². The van der Waals surface area contributed by atoms with Crippen molar-refractivity contribution in [3.8, 4) is 0 Å². The molecule has 0 N–H and O–H groups in total. The highest BCUT2D eigenvalue weighted by atomic mass is 16.6. The molecule has 1 aromatic rings. The summed E-state index contributed by atoms with van der Waals surface area (Å²) in [6, 6.07) is 11.5. The topological polar surface area (TPSA) is 32.8 Å². The van der Waals surface area contributed by atoms with Crippen molar-refractivity contribution in [1.29, 1.82) is 0 Å². The summed E-state index contributed by atoms with van der Waals surface area (Å²) in [5, 5.41) is 0. The zero-order valence-electron chi connectivity index (χ0n) is 14.7. The second-order valence-electron chi connectivity index (χ2n) is 7.83. The molecule has 1 aromatic carbocycles. The molecular formula is C19H28N2O2. The maximum Gasteiger partial charge on any atom is 0.410 e. The molecule has 4 nitrogen and oxygen atoms in total. The lowest BCUT2D eigenvalue weighted by molar-refractivity contribution is -0.0706. The van der Waals surface area contributed by atoms with Crippen LogP contribution in [0.2, 0.25) is 0 Å². The lowest BCUT2D eigenvalue weighted by atomic mass is 9.80. The fourth-order valence-corrected chi connectivity index (χ4v) is 3.70. The standard InChI is InChI=1S/C19H28N2O2/c1-14(15-8-6-5-7-9-15)21-12-16-10-11-20(13-17(16)21)18(22)23-19(2,3)4/h5-9,14,16-17H,10-13H2,1-4H3/t14-,16+,17+/m1/s1. The third kappa shape index (κ3) is 3.52. The van der Waals surface area contributed by atoms with Gasteiger partial charge in [0, 0.05) is 31.7 Å². The Hall–Kier alpha value is -1.55. The molecule has 126 valence electrons. The van der Waals surface area contributed by atoms with Gasteiger partial charge in [-0.05, 0) is 45.6 Å². The van der Waals surface area contributed by atoms with Crippen molar-refractivity contribution in [2.75, 3.05) is 19.6 Å². The van der Waals surface area contributed by atoms with Gasteiger partial charge in [0.2, 0.25) is 0 Å². The zero-order valence-corrected chi connectivity index (χ0v) is 14.7. The molecule has 0 aromatic heterocycles. The maximum absolute atomic E-state index is 12.3. The van der Waals surface area contributed by atoms with Crippen LogP contribution in [0, 0.1) is 5.92 Å². The second-order valence-corrected chi connectivity index (χ2v) is 7.83. The van der Waals surface area contributed by atoms with E-state index in [2.05, 4.69) is 42.2 Å². The van der Waals surface area contributed by atoms with Crippen LogP contribution in [0.1, 0.15) is 45.7 Å². The average Bonchev–Trinajstić information content (AvgIpc) is 2.47. The number of piperidine rings is 1. The van der Waals surface area contributed by atoms with Crippen LogP contribution in [0.5, 0.6) is 0 Å². The van der Waals surface area contributed by atoms with E-state index in [1.165, 1.54) is 5.56 Å². The fourth-order valence-electron chi connectivity index (χ4n) is 3.70. The van der Waals surface area contributed by atoms with E-state index in [0.29, 0.717) is 12.1 Å². The highest BCUT2D eigenvalue weighted by molar-refractivity contribution is 5.68. The lowest BCUT2D eigenvalue weighted by Crippen LogP contribution is -2.65. The van der Waals surface area contributed by atoms with Crippen molar-refractivity contribution in [2.45, 2.75) is 51.8 Å². The van der Waals surface area contributed by atoms with Gasteiger partial charge in [0.1, 0.15) is 5.60 Å². The highest BCUT2D eigenvalue weighted by Crippen LogP contribution is 2.38. The van der Waals surface area contributed by atoms with Gasteiger partial charge in [-0.15, -0.1) is 0 Å². The number of likely N-dealkylation sites (tertiary alicyclic amines) is 2. The SMILES string of the molecule is C[C@H](c1ccccc1)N1C[C@@H]2CCN(C(=O)OC(C)(C)C)C[C@@H]21. The molecule has 0 aliphatic carbocycles. The second kappa shape index (κ2) is 6.16. The molecule has 2 aliphatic rings. The van der Waals surface area contributed by atoms with Crippen LogP contribution < -0.4 is 0 Å². The van der Waals surface area contributed by atoms with E-state index in [-0.39, 0.29) is 6.09 Å². The number of nitrogens with zero attached hydrogens (tertiary/aromatic N) is 2. The van der Waals surface area contributed by atoms with Crippen molar-refractivity contribution in [1.82, 2.24) is 9.80 Å². The molecule has 0 unspecified atom stereocenters. The zero-order chi connectivity index (χ0) is 16.6. The first-order valence-corrected chi connectivity index (χ1v) is 8.64. The molecule has 1 amide bonds. The van der Waals surface area contributed by atoms with Gasteiger partial charge in [0.15, 0.2) is 0 Å². The third-order valence-corrected chi connectivity index (χ3v) is 5.02. The van der Waals surface area contributed by atoms with E-state index < -0.39 is 5.60 Å². The number of benzene rings is 1. The van der Waals surface area contributed by atoms with Crippen LogP contribution in [0.15, 0.2) is 30.3 Å². The Morgan fingerprint density at radius 1 is 1.22 bits per heavy atom. The molecule has 0 spiro atoms. The Balaban J connectivity index is 1.63. The average molecular weight is 316 g/mol. The monoisotopic (exact) mass is 316 g/mol. The van der Waals surface area contributed by atoms with Crippen molar-refractivity contribution >= 4 is 6.09 Å². The molecule has 4 heteroatoms. The van der Waals surface area contributed by atoms with Gasteiger partial charge in [-0.1, -0.05) is 30.3 Å². The molecule has 23 heavy (non-hydrogen) atoms. The predicted molar refractivity (Wildman–Crippen MR) is 91.3 cm³/mol. The first-order valence-electron chi connectivity index (χ1n) is 8.64. The largest absolute Gasteiger partial charge is 0.444 e. The lowest BCUT2D eigenvalue weighted by Gasteiger charge is -2.55. The maximum atomic E-state index is 12.3. The van der Waals surface area contributed by atoms with Crippen LogP contribution >= 0.6 is 0 Å². The highest BCUT2D eigenvalue weighted by Gasteiger charge is 2.46. The number of carbonyl (C=O) groups is 1. The summed E-state index contributed by atoms with van der Waals surface area (Å²) in [6.45, 7) is 10.8. The fraction of sp³-hybridized carbons (Fsp3) is 0.632.